The van der Waals surface area contributed by atoms with Crippen LogP contribution in [0.3, 0.4) is 0 Å². The fourth-order valence-corrected chi connectivity index (χ4v) is 2.54. The van der Waals surface area contributed by atoms with Gasteiger partial charge in [0, 0.05) is 18.7 Å². The van der Waals surface area contributed by atoms with Crippen LogP contribution in [0.1, 0.15) is 37.6 Å². The molecular weight excluding hydrogens is 242 g/mol. The smallest absolute Gasteiger partial charge is 0.148 e. The highest BCUT2D eigenvalue weighted by molar-refractivity contribution is 5.58. The Hall–Kier alpha value is -1.40. The quantitative estimate of drug-likeness (QED) is 0.548. The number of nitrogens with zero attached hydrogens (tertiary/aromatic N) is 3. The molecule has 1 aromatic rings. The van der Waals surface area contributed by atoms with Crippen LogP contribution in [0, 0.1) is 13.8 Å². The van der Waals surface area contributed by atoms with E-state index in [-0.39, 0.29) is 0 Å². The van der Waals surface area contributed by atoms with Crippen molar-refractivity contribution in [1.82, 2.24) is 9.97 Å². The first-order valence-electron chi connectivity index (χ1n) is 6.72. The maximum Gasteiger partial charge on any atom is 0.148 e. The summed E-state index contributed by atoms with van der Waals surface area (Å²) in [5.74, 6) is 7.77. The average molecular weight is 265 g/mol. The van der Waals surface area contributed by atoms with Gasteiger partial charge in [-0.25, -0.2) is 15.8 Å². The highest BCUT2D eigenvalue weighted by Crippen LogP contribution is 2.28. The molecule has 0 radical (unpaired) electrons. The Labute approximate surface area is 114 Å². The monoisotopic (exact) mass is 265 g/mol. The van der Waals surface area contributed by atoms with Crippen molar-refractivity contribution < 1.29 is 5.11 Å². The number of hydrogen-bond acceptors (Lipinski definition) is 6. The highest BCUT2D eigenvalue weighted by Gasteiger charge is 2.26. The molecule has 4 N–H and O–H groups in total. The summed E-state index contributed by atoms with van der Waals surface area (Å²) in [5, 5.41) is 10.2. The van der Waals surface area contributed by atoms with E-state index in [0.29, 0.717) is 11.6 Å². The van der Waals surface area contributed by atoms with Crippen molar-refractivity contribution in [3.63, 3.8) is 0 Å². The number of anilines is 2. The Kier molecular flexibility index (Phi) is 3.91. The summed E-state index contributed by atoms with van der Waals surface area (Å²) in [5.41, 5.74) is 3.00. The normalized spacial score (nSPS) is 24.2. The summed E-state index contributed by atoms with van der Waals surface area (Å²) in [4.78, 5) is 11.0. The van der Waals surface area contributed by atoms with Crippen LogP contribution < -0.4 is 16.2 Å². The molecule has 0 spiro atoms. The highest BCUT2D eigenvalue weighted by atomic mass is 16.3. The molecule has 106 valence electrons. The largest absolute Gasteiger partial charge is 0.390 e. The van der Waals surface area contributed by atoms with Crippen LogP contribution in [0.25, 0.3) is 0 Å². The molecule has 1 aliphatic heterocycles. The van der Waals surface area contributed by atoms with E-state index in [1.165, 1.54) is 0 Å². The number of nitrogen functional groups attached to an aromatic ring is 1. The number of hydrazine groups is 1. The maximum absolute atomic E-state index is 10.2. The molecule has 1 unspecified atom stereocenters. The summed E-state index contributed by atoms with van der Waals surface area (Å²) in [6.45, 7) is 7.43. The van der Waals surface area contributed by atoms with Gasteiger partial charge in [-0.15, -0.1) is 0 Å². The lowest BCUT2D eigenvalue weighted by atomic mass is 9.98. The zero-order valence-corrected chi connectivity index (χ0v) is 11.9. The van der Waals surface area contributed by atoms with Gasteiger partial charge in [-0.1, -0.05) is 0 Å². The Morgan fingerprint density at radius 2 is 2.00 bits per heavy atom. The first-order valence-corrected chi connectivity index (χ1v) is 6.72. The molecule has 1 fully saturated rings. The van der Waals surface area contributed by atoms with Crippen molar-refractivity contribution in [3.8, 4) is 0 Å². The van der Waals surface area contributed by atoms with Gasteiger partial charge in [0.2, 0.25) is 0 Å². The molecule has 0 saturated carbocycles. The standard InChI is InChI=1S/C13H23N5O/c1-9-11(17-14)15-10(2)16-12(9)18-7-4-5-13(3,19)6-8-18/h19H,4-8,14H2,1-3H3,(H,15,16,17). The molecule has 1 aliphatic rings. The SMILES string of the molecule is Cc1nc(NN)c(C)c(N2CCCC(C)(O)CC2)n1. The minimum atomic E-state index is -0.570. The minimum Gasteiger partial charge on any atom is -0.390 e. The molecule has 0 amide bonds. The molecule has 19 heavy (non-hydrogen) atoms. The average Bonchev–Trinajstić information content (AvgIpc) is 2.53. The van der Waals surface area contributed by atoms with E-state index in [2.05, 4.69) is 20.3 Å². The van der Waals surface area contributed by atoms with Gasteiger partial charge >= 0.3 is 0 Å². The molecule has 0 bridgehead atoms. The van der Waals surface area contributed by atoms with E-state index in [1.807, 2.05) is 20.8 Å². The fourth-order valence-electron chi connectivity index (χ4n) is 2.54. The topological polar surface area (TPSA) is 87.3 Å². The Morgan fingerprint density at radius 1 is 1.26 bits per heavy atom. The van der Waals surface area contributed by atoms with Gasteiger partial charge in [-0.3, -0.25) is 0 Å². The van der Waals surface area contributed by atoms with Crippen LogP contribution in [-0.2, 0) is 0 Å². The number of nitrogens with one attached hydrogen (secondary N) is 1. The van der Waals surface area contributed by atoms with E-state index in [1.54, 1.807) is 0 Å². The lowest BCUT2D eigenvalue weighted by Gasteiger charge is -2.25. The Bertz CT molecular complexity index is 461. The summed E-state index contributed by atoms with van der Waals surface area (Å²) in [6.07, 6.45) is 2.54. The summed E-state index contributed by atoms with van der Waals surface area (Å²) >= 11 is 0. The number of aliphatic hydroxyl groups is 1. The van der Waals surface area contributed by atoms with E-state index in [4.69, 9.17) is 5.84 Å². The molecule has 2 heterocycles. The van der Waals surface area contributed by atoms with Crippen LogP contribution in [0.15, 0.2) is 0 Å². The van der Waals surface area contributed by atoms with E-state index in [9.17, 15) is 5.11 Å². The van der Waals surface area contributed by atoms with Crippen LogP contribution in [0.4, 0.5) is 11.6 Å². The molecule has 1 atom stereocenters. The number of hydrogen-bond donors (Lipinski definition) is 3. The predicted molar refractivity (Wildman–Crippen MR) is 76.0 cm³/mol. The molecule has 1 aromatic heterocycles. The van der Waals surface area contributed by atoms with Crippen LogP contribution >= 0.6 is 0 Å². The first-order chi connectivity index (χ1) is 8.93. The summed E-state index contributed by atoms with van der Waals surface area (Å²) < 4.78 is 0. The van der Waals surface area contributed by atoms with E-state index < -0.39 is 5.60 Å². The van der Waals surface area contributed by atoms with Gasteiger partial charge in [-0.05, 0) is 40.0 Å². The van der Waals surface area contributed by atoms with Gasteiger partial charge < -0.3 is 15.4 Å². The minimum absolute atomic E-state index is 0.570. The first kappa shape index (κ1) is 14.0. The second kappa shape index (κ2) is 5.30. The predicted octanol–water partition coefficient (Wildman–Crippen LogP) is 1.12. The number of rotatable bonds is 2. The number of nitrogens with two attached hydrogens (primary N) is 1. The molecule has 0 aliphatic carbocycles. The fraction of sp³-hybridized carbons (Fsp3) is 0.692. The van der Waals surface area contributed by atoms with Crippen molar-refractivity contribution in [3.05, 3.63) is 11.4 Å². The van der Waals surface area contributed by atoms with Crippen molar-refractivity contribution >= 4 is 11.6 Å². The van der Waals surface area contributed by atoms with Gasteiger partial charge in [0.25, 0.3) is 0 Å². The molecule has 1 saturated heterocycles. The van der Waals surface area contributed by atoms with Crippen molar-refractivity contribution in [1.29, 1.82) is 0 Å². The summed E-state index contributed by atoms with van der Waals surface area (Å²) in [7, 11) is 0. The Balaban J connectivity index is 2.29. The molecule has 2 rings (SSSR count). The van der Waals surface area contributed by atoms with Crippen molar-refractivity contribution in [2.75, 3.05) is 23.4 Å². The van der Waals surface area contributed by atoms with Gasteiger partial charge in [0.15, 0.2) is 0 Å². The van der Waals surface area contributed by atoms with Gasteiger partial charge in [-0.2, -0.15) is 0 Å². The number of aryl methyl sites for hydroxylation is 1. The third-order valence-electron chi connectivity index (χ3n) is 3.73. The molecule has 6 heteroatoms. The second-order valence-electron chi connectivity index (χ2n) is 5.55. The second-order valence-corrected chi connectivity index (χ2v) is 5.55. The Morgan fingerprint density at radius 3 is 2.68 bits per heavy atom. The van der Waals surface area contributed by atoms with Gasteiger partial charge in [0.1, 0.15) is 17.5 Å². The van der Waals surface area contributed by atoms with Crippen molar-refractivity contribution in [2.24, 2.45) is 5.84 Å². The lowest BCUT2D eigenvalue weighted by Crippen LogP contribution is -2.30. The maximum atomic E-state index is 10.2. The lowest BCUT2D eigenvalue weighted by molar-refractivity contribution is 0.0481. The third-order valence-corrected chi connectivity index (χ3v) is 3.73. The van der Waals surface area contributed by atoms with Crippen molar-refractivity contribution in [2.45, 2.75) is 45.6 Å². The van der Waals surface area contributed by atoms with E-state index >= 15 is 0 Å². The molecular formula is C13H23N5O. The zero-order valence-electron chi connectivity index (χ0n) is 11.9. The van der Waals surface area contributed by atoms with E-state index in [0.717, 1.165) is 43.7 Å². The third kappa shape index (κ3) is 3.13. The molecule has 0 aromatic carbocycles. The zero-order chi connectivity index (χ0) is 14.0. The summed E-state index contributed by atoms with van der Waals surface area (Å²) in [6, 6.07) is 0. The molecule has 6 nitrogen and oxygen atoms in total. The van der Waals surface area contributed by atoms with Crippen LogP contribution in [0.2, 0.25) is 0 Å². The van der Waals surface area contributed by atoms with Gasteiger partial charge in [0.05, 0.1) is 5.60 Å². The number of aromatic nitrogens is 2. The van der Waals surface area contributed by atoms with Crippen LogP contribution in [0.5, 0.6) is 0 Å². The van der Waals surface area contributed by atoms with Crippen LogP contribution in [-0.4, -0.2) is 33.8 Å².